The number of fused-ring (bicyclic) bond motifs is 1. The van der Waals surface area contributed by atoms with E-state index >= 15 is 0 Å². The van der Waals surface area contributed by atoms with Crippen molar-refractivity contribution >= 4 is 22.5 Å². The van der Waals surface area contributed by atoms with Gasteiger partial charge in [-0.3, -0.25) is 4.90 Å². The van der Waals surface area contributed by atoms with Gasteiger partial charge in [0, 0.05) is 24.6 Å². The molecule has 0 atom stereocenters. The molecule has 22 heavy (non-hydrogen) atoms. The third kappa shape index (κ3) is 3.43. The van der Waals surface area contributed by atoms with Gasteiger partial charge in [-0.15, -0.1) is 0 Å². The zero-order valence-electron chi connectivity index (χ0n) is 13.1. The maximum atomic E-state index is 8.97. The SMILES string of the molecule is Cc1c(Cl)c(CN(CCCCO)C2CC2)nc2ccccc12. The van der Waals surface area contributed by atoms with Gasteiger partial charge < -0.3 is 5.11 Å². The minimum atomic E-state index is 0.270. The summed E-state index contributed by atoms with van der Waals surface area (Å²) in [6.07, 6.45) is 4.42. The van der Waals surface area contributed by atoms with Crippen LogP contribution in [0.15, 0.2) is 24.3 Å². The molecule has 0 spiro atoms. The van der Waals surface area contributed by atoms with Crippen LogP contribution in [0, 0.1) is 6.92 Å². The van der Waals surface area contributed by atoms with Gasteiger partial charge >= 0.3 is 0 Å². The Morgan fingerprint density at radius 2 is 2.05 bits per heavy atom. The summed E-state index contributed by atoms with van der Waals surface area (Å²) in [6, 6.07) is 8.84. The summed E-state index contributed by atoms with van der Waals surface area (Å²) in [6.45, 7) is 4.16. The molecule has 1 aliphatic carbocycles. The normalized spacial score (nSPS) is 14.9. The largest absolute Gasteiger partial charge is 0.396 e. The van der Waals surface area contributed by atoms with E-state index in [0.29, 0.717) is 6.04 Å². The Morgan fingerprint density at radius 1 is 1.27 bits per heavy atom. The van der Waals surface area contributed by atoms with Gasteiger partial charge in [-0.05, 0) is 50.8 Å². The summed E-state index contributed by atoms with van der Waals surface area (Å²) in [5.41, 5.74) is 3.12. The number of hydrogen-bond acceptors (Lipinski definition) is 3. The van der Waals surface area contributed by atoms with E-state index in [1.165, 1.54) is 12.8 Å². The molecular formula is C18H23ClN2O. The van der Waals surface area contributed by atoms with Gasteiger partial charge in [-0.1, -0.05) is 29.8 Å². The van der Waals surface area contributed by atoms with Crippen molar-refractivity contribution in [3.8, 4) is 0 Å². The van der Waals surface area contributed by atoms with Gasteiger partial charge in [0.25, 0.3) is 0 Å². The number of benzene rings is 1. The lowest BCUT2D eigenvalue weighted by Gasteiger charge is -2.22. The molecule has 2 aromatic rings. The van der Waals surface area contributed by atoms with Crippen LogP contribution < -0.4 is 0 Å². The van der Waals surface area contributed by atoms with E-state index in [9.17, 15) is 0 Å². The number of hydrogen-bond donors (Lipinski definition) is 1. The van der Waals surface area contributed by atoms with Crippen LogP contribution in [-0.2, 0) is 6.54 Å². The first-order chi connectivity index (χ1) is 10.7. The second kappa shape index (κ2) is 6.95. The van der Waals surface area contributed by atoms with Crippen LogP contribution in [0.3, 0.4) is 0 Å². The van der Waals surface area contributed by atoms with Crippen molar-refractivity contribution in [1.82, 2.24) is 9.88 Å². The van der Waals surface area contributed by atoms with Crippen molar-refractivity contribution in [2.75, 3.05) is 13.2 Å². The second-order valence-corrected chi connectivity index (χ2v) is 6.52. The number of nitrogens with zero attached hydrogens (tertiary/aromatic N) is 2. The number of aryl methyl sites for hydroxylation is 1. The van der Waals surface area contributed by atoms with Crippen LogP contribution >= 0.6 is 11.6 Å². The second-order valence-electron chi connectivity index (χ2n) is 6.15. The van der Waals surface area contributed by atoms with Crippen LogP contribution in [0.25, 0.3) is 10.9 Å². The molecule has 1 aliphatic rings. The van der Waals surface area contributed by atoms with Crippen LogP contribution in [0.4, 0.5) is 0 Å². The molecule has 1 fully saturated rings. The van der Waals surface area contributed by atoms with E-state index in [1.54, 1.807) is 0 Å². The fourth-order valence-corrected chi connectivity index (χ4v) is 3.18. The molecule has 0 aliphatic heterocycles. The van der Waals surface area contributed by atoms with Crippen LogP contribution in [-0.4, -0.2) is 34.2 Å². The zero-order valence-corrected chi connectivity index (χ0v) is 13.8. The Hall–Kier alpha value is -1.16. The predicted molar refractivity (Wildman–Crippen MR) is 91.2 cm³/mol. The first-order valence-electron chi connectivity index (χ1n) is 8.09. The molecule has 0 saturated heterocycles. The Labute approximate surface area is 136 Å². The van der Waals surface area contributed by atoms with E-state index in [2.05, 4.69) is 24.0 Å². The molecule has 1 N–H and O–H groups in total. The molecule has 0 radical (unpaired) electrons. The van der Waals surface area contributed by atoms with E-state index in [0.717, 1.165) is 53.1 Å². The topological polar surface area (TPSA) is 36.4 Å². The van der Waals surface area contributed by atoms with Crippen molar-refractivity contribution in [1.29, 1.82) is 0 Å². The van der Waals surface area contributed by atoms with Crippen LogP contribution in [0.1, 0.15) is 36.9 Å². The van der Waals surface area contributed by atoms with Crippen molar-refractivity contribution < 1.29 is 5.11 Å². The summed E-state index contributed by atoms with van der Waals surface area (Å²) in [7, 11) is 0. The number of unbranched alkanes of at least 4 members (excludes halogenated alkanes) is 1. The average molecular weight is 319 g/mol. The zero-order chi connectivity index (χ0) is 15.5. The summed E-state index contributed by atoms with van der Waals surface area (Å²) in [5.74, 6) is 0. The first kappa shape index (κ1) is 15.7. The van der Waals surface area contributed by atoms with Gasteiger partial charge in [0.1, 0.15) is 0 Å². The standard InChI is InChI=1S/C18H23ClN2O/c1-13-15-6-2-3-7-16(15)20-17(18(13)19)12-21(14-8-9-14)10-4-5-11-22/h2-3,6-7,14,22H,4-5,8-12H2,1H3. The number of aliphatic hydroxyl groups is 1. The minimum Gasteiger partial charge on any atom is -0.396 e. The van der Waals surface area contributed by atoms with Crippen LogP contribution in [0.2, 0.25) is 5.02 Å². The van der Waals surface area contributed by atoms with E-state index in [1.807, 2.05) is 12.1 Å². The van der Waals surface area contributed by atoms with Crippen molar-refractivity contribution in [3.63, 3.8) is 0 Å². The molecule has 1 heterocycles. The summed E-state index contributed by atoms with van der Waals surface area (Å²) < 4.78 is 0. The predicted octanol–water partition coefficient (Wildman–Crippen LogP) is 3.93. The molecule has 1 saturated carbocycles. The van der Waals surface area contributed by atoms with Gasteiger partial charge in [-0.25, -0.2) is 4.98 Å². The maximum absolute atomic E-state index is 8.97. The lowest BCUT2D eigenvalue weighted by Crippen LogP contribution is -2.27. The molecule has 118 valence electrons. The van der Waals surface area contributed by atoms with E-state index in [-0.39, 0.29) is 6.61 Å². The van der Waals surface area contributed by atoms with Crippen molar-refractivity contribution in [2.24, 2.45) is 0 Å². The molecule has 0 bridgehead atoms. The quantitative estimate of drug-likeness (QED) is 0.786. The maximum Gasteiger partial charge on any atom is 0.0740 e. The van der Waals surface area contributed by atoms with Gasteiger partial charge in [-0.2, -0.15) is 0 Å². The van der Waals surface area contributed by atoms with E-state index in [4.69, 9.17) is 21.7 Å². The smallest absolute Gasteiger partial charge is 0.0740 e. The first-order valence-corrected chi connectivity index (χ1v) is 8.47. The molecule has 0 amide bonds. The van der Waals surface area contributed by atoms with Crippen molar-refractivity contribution in [3.05, 3.63) is 40.5 Å². The van der Waals surface area contributed by atoms with Crippen molar-refractivity contribution in [2.45, 2.75) is 45.2 Å². The number of aliphatic hydroxyl groups excluding tert-OH is 1. The fraction of sp³-hybridized carbons (Fsp3) is 0.500. The Bertz CT molecular complexity index is 655. The fourth-order valence-electron chi connectivity index (χ4n) is 2.97. The summed E-state index contributed by atoms with van der Waals surface area (Å²) in [5, 5.41) is 10.9. The highest BCUT2D eigenvalue weighted by Gasteiger charge is 2.29. The van der Waals surface area contributed by atoms with Gasteiger partial charge in [0.05, 0.1) is 16.2 Å². The molecule has 1 aromatic heterocycles. The Morgan fingerprint density at radius 3 is 2.77 bits per heavy atom. The average Bonchev–Trinajstić information content (AvgIpc) is 3.36. The molecule has 3 rings (SSSR count). The Kier molecular flexibility index (Phi) is 4.97. The lowest BCUT2D eigenvalue weighted by molar-refractivity contribution is 0.227. The molecule has 1 aromatic carbocycles. The third-order valence-corrected chi connectivity index (χ3v) is 4.92. The Balaban J connectivity index is 1.83. The number of pyridine rings is 1. The molecular weight excluding hydrogens is 296 g/mol. The molecule has 4 heteroatoms. The highest BCUT2D eigenvalue weighted by atomic mass is 35.5. The monoisotopic (exact) mass is 318 g/mol. The number of aromatic nitrogens is 1. The lowest BCUT2D eigenvalue weighted by atomic mass is 10.1. The highest BCUT2D eigenvalue weighted by Crippen LogP contribution is 2.32. The van der Waals surface area contributed by atoms with E-state index < -0.39 is 0 Å². The third-order valence-electron chi connectivity index (χ3n) is 4.42. The molecule has 0 unspecified atom stereocenters. The number of halogens is 1. The van der Waals surface area contributed by atoms with Crippen LogP contribution in [0.5, 0.6) is 0 Å². The van der Waals surface area contributed by atoms with Gasteiger partial charge in [0.2, 0.25) is 0 Å². The highest BCUT2D eigenvalue weighted by molar-refractivity contribution is 6.32. The van der Waals surface area contributed by atoms with Gasteiger partial charge in [0.15, 0.2) is 0 Å². The summed E-state index contributed by atoms with van der Waals surface area (Å²) in [4.78, 5) is 7.26. The summed E-state index contributed by atoms with van der Waals surface area (Å²) >= 11 is 6.57. The number of rotatable bonds is 7. The number of para-hydroxylation sites is 1. The minimum absolute atomic E-state index is 0.270. The molecule has 3 nitrogen and oxygen atoms in total.